The third-order valence-electron chi connectivity index (χ3n) is 3.11. The molecule has 2 saturated heterocycles. The lowest BCUT2D eigenvalue weighted by Gasteiger charge is -2.33. The molecule has 2 heterocycles. The molecule has 1 N–H and O–H groups in total. The fourth-order valence-corrected chi connectivity index (χ4v) is 2.96. The van der Waals surface area contributed by atoms with Crippen LogP contribution in [0.15, 0.2) is 0 Å². The molecular weight excluding hydrogens is 170 g/mol. The fourth-order valence-electron chi connectivity index (χ4n) is 2.22. The second kappa shape index (κ2) is 3.56. The first-order valence-corrected chi connectivity index (χ1v) is 5.99. The molecule has 0 aromatic rings. The molecule has 2 nitrogen and oxygen atoms in total. The van der Waals surface area contributed by atoms with Crippen LogP contribution in [0.4, 0.5) is 0 Å². The van der Waals surface area contributed by atoms with Crippen molar-refractivity contribution in [3.63, 3.8) is 0 Å². The van der Waals surface area contributed by atoms with Crippen LogP contribution in [0.25, 0.3) is 0 Å². The molecule has 0 amide bonds. The maximum Gasteiger partial charge on any atom is 0.0483 e. The maximum atomic E-state index is 5.38. The van der Waals surface area contributed by atoms with Crippen LogP contribution >= 0.6 is 11.8 Å². The topological polar surface area (TPSA) is 21.3 Å². The van der Waals surface area contributed by atoms with Crippen LogP contribution in [-0.2, 0) is 4.74 Å². The molecule has 0 radical (unpaired) electrons. The molecule has 0 aromatic heterocycles. The van der Waals surface area contributed by atoms with Crippen molar-refractivity contribution in [2.75, 3.05) is 26.0 Å². The van der Waals surface area contributed by atoms with Crippen LogP contribution < -0.4 is 5.32 Å². The summed E-state index contributed by atoms with van der Waals surface area (Å²) in [7, 11) is 0. The normalized spacial score (nSPS) is 34.2. The van der Waals surface area contributed by atoms with Crippen molar-refractivity contribution >= 4 is 11.8 Å². The monoisotopic (exact) mass is 187 g/mol. The quantitative estimate of drug-likeness (QED) is 0.668. The molecule has 1 unspecified atom stereocenters. The molecule has 1 spiro atoms. The summed E-state index contributed by atoms with van der Waals surface area (Å²) in [5.41, 5.74) is 0.450. The Labute approximate surface area is 78.4 Å². The van der Waals surface area contributed by atoms with E-state index in [9.17, 15) is 0 Å². The van der Waals surface area contributed by atoms with Gasteiger partial charge in [-0.25, -0.2) is 0 Å². The van der Waals surface area contributed by atoms with Gasteiger partial charge in [-0.05, 0) is 25.5 Å². The Morgan fingerprint density at radius 2 is 2.17 bits per heavy atom. The molecule has 0 bridgehead atoms. The summed E-state index contributed by atoms with van der Waals surface area (Å²) in [5.74, 6) is 0. The average Bonchev–Trinajstić information content (AvgIpc) is 2.50. The molecule has 0 aromatic carbocycles. The number of ether oxygens (including phenoxy) is 1. The molecule has 0 saturated carbocycles. The number of hydrogen-bond acceptors (Lipinski definition) is 3. The van der Waals surface area contributed by atoms with Gasteiger partial charge >= 0.3 is 0 Å². The molecular formula is C9H17NOS. The van der Waals surface area contributed by atoms with Gasteiger partial charge in [-0.3, -0.25) is 0 Å². The fraction of sp³-hybridized carbons (Fsp3) is 1.00. The van der Waals surface area contributed by atoms with Crippen LogP contribution in [0.3, 0.4) is 0 Å². The van der Waals surface area contributed by atoms with Crippen LogP contribution in [0.1, 0.15) is 19.3 Å². The summed E-state index contributed by atoms with van der Waals surface area (Å²) in [6, 6.07) is 0. The van der Waals surface area contributed by atoms with Gasteiger partial charge < -0.3 is 10.1 Å². The van der Waals surface area contributed by atoms with Gasteiger partial charge in [-0.15, -0.1) is 0 Å². The molecule has 0 aliphatic carbocycles. The van der Waals surface area contributed by atoms with Gasteiger partial charge in [0.05, 0.1) is 0 Å². The van der Waals surface area contributed by atoms with E-state index in [1.807, 2.05) is 11.8 Å². The molecule has 2 rings (SSSR count). The van der Waals surface area contributed by atoms with Crippen molar-refractivity contribution in [2.45, 2.75) is 30.1 Å². The van der Waals surface area contributed by atoms with Gasteiger partial charge in [0, 0.05) is 30.5 Å². The summed E-state index contributed by atoms with van der Waals surface area (Å²) < 4.78 is 5.38. The lowest BCUT2D eigenvalue weighted by molar-refractivity contribution is 0.0459. The Morgan fingerprint density at radius 1 is 1.42 bits per heavy atom. The largest absolute Gasteiger partial charge is 0.381 e. The number of thioether (sulfide) groups is 1. The van der Waals surface area contributed by atoms with Gasteiger partial charge in [0.2, 0.25) is 0 Å². The van der Waals surface area contributed by atoms with E-state index in [4.69, 9.17) is 4.74 Å². The van der Waals surface area contributed by atoms with E-state index < -0.39 is 0 Å². The van der Waals surface area contributed by atoms with Gasteiger partial charge in [0.1, 0.15) is 0 Å². The molecule has 12 heavy (non-hydrogen) atoms. The average molecular weight is 187 g/mol. The smallest absolute Gasteiger partial charge is 0.0483 e. The Morgan fingerprint density at radius 3 is 2.75 bits per heavy atom. The summed E-state index contributed by atoms with van der Waals surface area (Å²) in [5, 5.41) is 4.51. The van der Waals surface area contributed by atoms with Crippen molar-refractivity contribution in [1.29, 1.82) is 0 Å². The Balaban J connectivity index is 1.94. The highest BCUT2D eigenvalue weighted by Crippen LogP contribution is 2.33. The van der Waals surface area contributed by atoms with Gasteiger partial charge in [0.25, 0.3) is 0 Å². The van der Waals surface area contributed by atoms with Crippen molar-refractivity contribution < 1.29 is 4.74 Å². The summed E-state index contributed by atoms with van der Waals surface area (Å²) in [6.07, 6.45) is 5.98. The highest BCUT2D eigenvalue weighted by atomic mass is 32.2. The van der Waals surface area contributed by atoms with Crippen molar-refractivity contribution in [2.24, 2.45) is 0 Å². The zero-order chi connectivity index (χ0) is 8.44. The van der Waals surface area contributed by atoms with Crippen LogP contribution in [0, 0.1) is 0 Å². The highest BCUT2D eigenvalue weighted by Gasteiger charge is 2.39. The first kappa shape index (κ1) is 8.85. The molecule has 2 aliphatic heterocycles. The number of nitrogens with one attached hydrogen (secondary N) is 1. The number of hydrogen-bond donors (Lipinski definition) is 1. The van der Waals surface area contributed by atoms with Crippen LogP contribution in [0.2, 0.25) is 0 Å². The minimum Gasteiger partial charge on any atom is -0.381 e. The lowest BCUT2D eigenvalue weighted by Crippen LogP contribution is -2.44. The highest BCUT2D eigenvalue weighted by molar-refractivity contribution is 7.99. The maximum absolute atomic E-state index is 5.38. The molecule has 70 valence electrons. The molecule has 1 atom stereocenters. The van der Waals surface area contributed by atoms with E-state index in [0.29, 0.717) is 5.54 Å². The van der Waals surface area contributed by atoms with Crippen molar-refractivity contribution in [3.8, 4) is 0 Å². The third-order valence-corrected chi connectivity index (χ3v) is 4.11. The van der Waals surface area contributed by atoms with Gasteiger partial charge in [-0.2, -0.15) is 11.8 Å². The second-order valence-electron chi connectivity index (χ2n) is 3.84. The second-order valence-corrected chi connectivity index (χ2v) is 4.97. The first-order valence-electron chi connectivity index (χ1n) is 4.70. The number of rotatable bonds is 1. The first-order chi connectivity index (χ1) is 5.85. The minimum absolute atomic E-state index is 0.450. The SMILES string of the molecule is CSC1CNC2(CCOCC2)C1. The van der Waals surface area contributed by atoms with E-state index in [1.54, 1.807) is 0 Å². The zero-order valence-corrected chi connectivity index (χ0v) is 8.45. The van der Waals surface area contributed by atoms with Gasteiger partial charge in [-0.1, -0.05) is 0 Å². The zero-order valence-electron chi connectivity index (χ0n) is 7.64. The molecule has 3 heteroatoms. The summed E-state index contributed by atoms with van der Waals surface area (Å²) in [6.45, 7) is 3.10. The predicted octanol–water partition coefficient (Wildman–Crippen LogP) is 1.26. The van der Waals surface area contributed by atoms with Crippen LogP contribution in [-0.4, -0.2) is 36.8 Å². The minimum atomic E-state index is 0.450. The lowest BCUT2D eigenvalue weighted by atomic mass is 9.89. The van der Waals surface area contributed by atoms with E-state index in [0.717, 1.165) is 18.5 Å². The molecule has 2 fully saturated rings. The van der Waals surface area contributed by atoms with E-state index in [2.05, 4.69) is 11.6 Å². The predicted molar refractivity (Wildman–Crippen MR) is 52.7 cm³/mol. The van der Waals surface area contributed by atoms with Gasteiger partial charge in [0.15, 0.2) is 0 Å². The van der Waals surface area contributed by atoms with Crippen LogP contribution in [0.5, 0.6) is 0 Å². The summed E-state index contributed by atoms with van der Waals surface area (Å²) in [4.78, 5) is 0. The standard InChI is InChI=1S/C9H17NOS/c1-12-8-6-9(10-7-8)2-4-11-5-3-9/h8,10H,2-7H2,1H3. The van der Waals surface area contributed by atoms with E-state index >= 15 is 0 Å². The Bertz CT molecular complexity index is 157. The Kier molecular flexibility index (Phi) is 2.63. The van der Waals surface area contributed by atoms with E-state index in [-0.39, 0.29) is 0 Å². The van der Waals surface area contributed by atoms with Crippen molar-refractivity contribution in [3.05, 3.63) is 0 Å². The summed E-state index contributed by atoms with van der Waals surface area (Å²) >= 11 is 2.00. The Hall–Kier alpha value is 0.270. The van der Waals surface area contributed by atoms with Crippen molar-refractivity contribution in [1.82, 2.24) is 5.32 Å². The third kappa shape index (κ3) is 1.63. The molecule has 2 aliphatic rings. The van der Waals surface area contributed by atoms with E-state index in [1.165, 1.54) is 25.8 Å².